The van der Waals surface area contributed by atoms with Gasteiger partial charge < -0.3 is 15.1 Å². The molecule has 0 saturated carbocycles. The summed E-state index contributed by atoms with van der Waals surface area (Å²) >= 11 is 0. The normalized spacial score (nSPS) is 15.1. The lowest BCUT2D eigenvalue weighted by Crippen LogP contribution is -2.47. The zero-order valence-electron chi connectivity index (χ0n) is 17.4. The molecule has 1 aliphatic rings. The highest BCUT2D eigenvalue weighted by Gasteiger charge is 2.18. The van der Waals surface area contributed by atoms with Gasteiger partial charge in [-0.25, -0.2) is 9.97 Å². The van der Waals surface area contributed by atoms with E-state index in [2.05, 4.69) is 50.5 Å². The number of nitrogens with one attached hydrogen (secondary N) is 1. The van der Waals surface area contributed by atoms with Crippen molar-refractivity contribution >= 4 is 35.9 Å². The number of guanidine groups is 1. The van der Waals surface area contributed by atoms with Crippen LogP contribution in [0.1, 0.15) is 26.2 Å². The Bertz CT molecular complexity index is 559. The molecule has 0 aromatic carbocycles. The van der Waals surface area contributed by atoms with E-state index < -0.39 is 0 Å². The molecular weight excluding hydrogens is 465 g/mol. The molecule has 0 unspecified atom stereocenters. The van der Waals surface area contributed by atoms with Crippen LogP contribution in [0.4, 0.5) is 5.95 Å². The van der Waals surface area contributed by atoms with Gasteiger partial charge in [0.2, 0.25) is 5.95 Å². The fraction of sp³-hybridized carbons (Fsp3) is 0.650. The van der Waals surface area contributed by atoms with Crippen molar-refractivity contribution in [2.24, 2.45) is 4.99 Å². The second-order valence-corrected chi connectivity index (χ2v) is 6.82. The second-order valence-electron chi connectivity index (χ2n) is 6.82. The summed E-state index contributed by atoms with van der Waals surface area (Å²) in [6.45, 7) is 13.8. The predicted octanol–water partition coefficient (Wildman–Crippen LogP) is 2.47. The van der Waals surface area contributed by atoms with Crippen LogP contribution in [0.3, 0.4) is 0 Å². The third kappa shape index (κ3) is 8.72. The molecule has 8 heteroatoms. The number of halogens is 1. The summed E-state index contributed by atoms with van der Waals surface area (Å²) in [4.78, 5) is 20.5. The maximum absolute atomic E-state index is 4.79. The lowest BCUT2D eigenvalue weighted by molar-refractivity contribution is 0.255. The number of unbranched alkanes of at least 4 members (excludes halogenated alkanes) is 1. The monoisotopic (exact) mass is 501 g/mol. The van der Waals surface area contributed by atoms with Crippen LogP contribution in [0.5, 0.6) is 0 Å². The van der Waals surface area contributed by atoms with E-state index in [1.54, 1.807) is 0 Å². The lowest BCUT2D eigenvalue weighted by atomic mass is 10.3. The van der Waals surface area contributed by atoms with Crippen LogP contribution < -0.4 is 10.2 Å². The summed E-state index contributed by atoms with van der Waals surface area (Å²) in [6.07, 6.45) is 8.83. The zero-order chi connectivity index (χ0) is 19.3. The van der Waals surface area contributed by atoms with Crippen LogP contribution >= 0.6 is 24.0 Å². The number of piperazine rings is 1. The molecule has 28 heavy (non-hydrogen) atoms. The van der Waals surface area contributed by atoms with Gasteiger partial charge in [0.1, 0.15) is 0 Å². The Morgan fingerprint density at radius 1 is 1.25 bits per heavy atom. The molecule has 1 N–H and O–H groups in total. The molecule has 2 heterocycles. The Morgan fingerprint density at radius 2 is 1.96 bits per heavy atom. The summed E-state index contributed by atoms with van der Waals surface area (Å²) < 4.78 is 0. The van der Waals surface area contributed by atoms with E-state index in [-0.39, 0.29) is 24.0 Å². The smallest absolute Gasteiger partial charge is 0.225 e. The van der Waals surface area contributed by atoms with Gasteiger partial charge in [0.05, 0.1) is 0 Å². The minimum Gasteiger partial charge on any atom is -0.357 e. The second kappa shape index (κ2) is 14.6. The molecule has 1 aromatic rings. The van der Waals surface area contributed by atoms with Crippen LogP contribution in [-0.2, 0) is 0 Å². The van der Waals surface area contributed by atoms with Crippen molar-refractivity contribution in [3.63, 3.8) is 0 Å². The fourth-order valence-electron chi connectivity index (χ4n) is 3.15. The van der Waals surface area contributed by atoms with Crippen molar-refractivity contribution in [3.05, 3.63) is 31.1 Å². The van der Waals surface area contributed by atoms with Crippen LogP contribution in [0.2, 0.25) is 0 Å². The quantitative estimate of drug-likeness (QED) is 0.175. The number of aliphatic imine (C=N–C) groups is 1. The third-order valence-corrected chi connectivity index (χ3v) is 4.70. The van der Waals surface area contributed by atoms with E-state index in [1.807, 2.05) is 24.5 Å². The Balaban J connectivity index is 0.00000392. The molecule has 0 atom stereocenters. The molecule has 1 aliphatic heterocycles. The predicted molar refractivity (Wildman–Crippen MR) is 129 cm³/mol. The highest BCUT2D eigenvalue weighted by Crippen LogP contribution is 2.09. The highest BCUT2D eigenvalue weighted by molar-refractivity contribution is 14.0. The third-order valence-electron chi connectivity index (χ3n) is 4.70. The molecule has 1 saturated heterocycles. The van der Waals surface area contributed by atoms with Crippen molar-refractivity contribution in [2.75, 3.05) is 64.3 Å². The maximum atomic E-state index is 4.79. The topological polar surface area (TPSA) is 59.9 Å². The minimum atomic E-state index is 0. The lowest BCUT2D eigenvalue weighted by Gasteiger charge is -2.34. The number of hydrogen-bond donors (Lipinski definition) is 1. The SMILES string of the molecule is C=CCCCN(C)C(=NCCCN1CCN(c2ncccn2)CC1)NCC.I. The number of hydrogen-bond acceptors (Lipinski definition) is 5. The number of anilines is 1. The minimum absolute atomic E-state index is 0. The Labute approximate surface area is 187 Å². The van der Waals surface area contributed by atoms with Crippen LogP contribution in [0, 0.1) is 0 Å². The van der Waals surface area contributed by atoms with Gasteiger partial charge in [-0.05, 0) is 32.3 Å². The van der Waals surface area contributed by atoms with E-state index in [9.17, 15) is 0 Å². The van der Waals surface area contributed by atoms with Crippen molar-refractivity contribution in [1.82, 2.24) is 25.1 Å². The van der Waals surface area contributed by atoms with Gasteiger partial charge in [0.15, 0.2) is 5.96 Å². The van der Waals surface area contributed by atoms with Gasteiger partial charge in [-0.3, -0.25) is 9.89 Å². The zero-order valence-corrected chi connectivity index (χ0v) is 19.7. The number of aromatic nitrogens is 2. The molecule has 0 spiro atoms. The van der Waals surface area contributed by atoms with Crippen molar-refractivity contribution in [2.45, 2.75) is 26.2 Å². The summed E-state index contributed by atoms with van der Waals surface area (Å²) in [7, 11) is 2.11. The Morgan fingerprint density at radius 3 is 2.61 bits per heavy atom. The maximum Gasteiger partial charge on any atom is 0.225 e. The van der Waals surface area contributed by atoms with Gasteiger partial charge in [-0.2, -0.15) is 0 Å². The molecule has 0 radical (unpaired) electrons. The van der Waals surface area contributed by atoms with Crippen molar-refractivity contribution in [1.29, 1.82) is 0 Å². The van der Waals surface area contributed by atoms with E-state index in [0.717, 1.165) is 83.5 Å². The van der Waals surface area contributed by atoms with Crippen LogP contribution in [-0.4, -0.2) is 85.1 Å². The fourth-order valence-corrected chi connectivity index (χ4v) is 3.15. The average molecular weight is 501 g/mol. The summed E-state index contributed by atoms with van der Waals surface area (Å²) in [5, 5.41) is 3.39. The molecule has 2 rings (SSSR count). The first kappa shape index (κ1) is 24.6. The Kier molecular flexibility index (Phi) is 12.8. The first-order valence-electron chi connectivity index (χ1n) is 10.1. The molecule has 0 bridgehead atoms. The molecule has 0 amide bonds. The number of nitrogens with zero attached hydrogens (tertiary/aromatic N) is 6. The van der Waals surface area contributed by atoms with Gasteiger partial charge in [0.25, 0.3) is 0 Å². The van der Waals surface area contributed by atoms with Crippen LogP contribution in [0.25, 0.3) is 0 Å². The summed E-state index contributed by atoms with van der Waals surface area (Å²) in [5.74, 6) is 1.85. The molecule has 158 valence electrons. The standard InChI is InChI=1S/C20H35N7.HI/c1-4-6-7-13-25(3)19(21-5-2)22-12-9-14-26-15-17-27(18-16-26)20-23-10-8-11-24-20;/h4,8,10-11H,1,5-7,9,12-18H2,2-3H3,(H,21,22);1H. The van der Waals surface area contributed by atoms with E-state index >= 15 is 0 Å². The van der Waals surface area contributed by atoms with Gasteiger partial charge in [-0.1, -0.05) is 6.08 Å². The van der Waals surface area contributed by atoms with E-state index in [0.29, 0.717) is 0 Å². The molecular formula is C20H36IN7. The average Bonchev–Trinajstić information content (AvgIpc) is 2.71. The number of rotatable bonds is 10. The molecule has 0 aliphatic carbocycles. The van der Waals surface area contributed by atoms with Gasteiger partial charge >= 0.3 is 0 Å². The highest BCUT2D eigenvalue weighted by atomic mass is 127. The molecule has 1 aromatic heterocycles. The van der Waals surface area contributed by atoms with Crippen LogP contribution in [0.15, 0.2) is 36.1 Å². The molecule has 1 fully saturated rings. The van der Waals surface area contributed by atoms with E-state index in [4.69, 9.17) is 4.99 Å². The first-order valence-corrected chi connectivity index (χ1v) is 10.1. The first-order chi connectivity index (χ1) is 13.2. The number of allylic oxidation sites excluding steroid dienone is 1. The van der Waals surface area contributed by atoms with Crippen molar-refractivity contribution in [3.8, 4) is 0 Å². The largest absolute Gasteiger partial charge is 0.357 e. The Hall–Kier alpha value is -1.42. The summed E-state index contributed by atoms with van der Waals surface area (Å²) in [6, 6.07) is 1.86. The van der Waals surface area contributed by atoms with Crippen molar-refractivity contribution < 1.29 is 0 Å². The van der Waals surface area contributed by atoms with Gasteiger partial charge in [0, 0.05) is 71.8 Å². The molecule has 7 nitrogen and oxygen atoms in total. The summed E-state index contributed by atoms with van der Waals surface area (Å²) in [5.41, 5.74) is 0. The van der Waals surface area contributed by atoms with Gasteiger partial charge in [-0.15, -0.1) is 30.6 Å². The van der Waals surface area contributed by atoms with E-state index in [1.165, 1.54) is 0 Å².